The predicted octanol–water partition coefficient (Wildman–Crippen LogP) is 3.07. The first-order chi connectivity index (χ1) is 10.2. The molecule has 0 aliphatic carbocycles. The van der Waals surface area contributed by atoms with Crippen LogP contribution in [-0.4, -0.2) is 6.79 Å². The lowest BCUT2D eigenvalue weighted by Gasteiger charge is -2.13. The van der Waals surface area contributed by atoms with Gasteiger partial charge in [-0.05, 0) is 31.0 Å². The zero-order valence-corrected chi connectivity index (χ0v) is 12.3. The molecule has 3 rings (SSSR count). The first-order valence-electron chi connectivity index (χ1n) is 6.99. The van der Waals surface area contributed by atoms with E-state index in [1.165, 1.54) is 16.7 Å². The van der Waals surface area contributed by atoms with Crippen molar-refractivity contribution in [2.45, 2.75) is 27.0 Å². The highest BCUT2D eigenvalue weighted by atomic mass is 16.7. The first-order valence-corrected chi connectivity index (χ1v) is 6.99. The van der Waals surface area contributed by atoms with E-state index in [9.17, 15) is 0 Å². The number of hydrogen-bond donors (Lipinski definition) is 1. The van der Waals surface area contributed by atoms with Crippen LogP contribution in [0.2, 0.25) is 0 Å². The van der Waals surface area contributed by atoms with Crippen LogP contribution in [0.4, 0.5) is 0 Å². The van der Waals surface area contributed by atoms with E-state index in [1.807, 2.05) is 12.1 Å². The highest BCUT2D eigenvalue weighted by Crippen LogP contribution is 2.38. The van der Waals surface area contributed by atoms with Gasteiger partial charge in [0.2, 0.25) is 6.79 Å². The molecule has 1 aliphatic rings. The van der Waals surface area contributed by atoms with E-state index in [2.05, 4.69) is 32.0 Å². The number of benzene rings is 2. The third-order valence-corrected chi connectivity index (χ3v) is 3.66. The Morgan fingerprint density at radius 3 is 2.57 bits per heavy atom. The minimum Gasteiger partial charge on any atom is -0.488 e. The summed E-state index contributed by atoms with van der Waals surface area (Å²) >= 11 is 0. The predicted molar refractivity (Wildman–Crippen MR) is 80.7 cm³/mol. The van der Waals surface area contributed by atoms with Crippen molar-refractivity contribution in [1.29, 1.82) is 0 Å². The minimum absolute atomic E-state index is 0.250. The zero-order valence-electron chi connectivity index (χ0n) is 12.3. The number of ether oxygens (including phenoxy) is 3. The molecule has 2 aromatic rings. The largest absolute Gasteiger partial charge is 0.488 e. The Hall–Kier alpha value is -2.20. The average Bonchev–Trinajstić information content (AvgIpc) is 2.94. The van der Waals surface area contributed by atoms with E-state index >= 15 is 0 Å². The van der Waals surface area contributed by atoms with E-state index in [0.29, 0.717) is 18.9 Å². The monoisotopic (exact) mass is 285 g/mol. The number of aryl methyl sites for hydroxylation is 2. The maximum absolute atomic E-state index is 5.96. The van der Waals surface area contributed by atoms with Crippen LogP contribution in [0.25, 0.3) is 0 Å². The summed E-state index contributed by atoms with van der Waals surface area (Å²) in [6.07, 6.45) is 0. The van der Waals surface area contributed by atoms with Crippen LogP contribution in [0.3, 0.4) is 0 Å². The van der Waals surface area contributed by atoms with Crippen LogP contribution in [0.5, 0.6) is 17.2 Å². The van der Waals surface area contributed by atoms with Crippen molar-refractivity contribution in [3.8, 4) is 17.2 Å². The van der Waals surface area contributed by atoms with Crippen LogP contribution in [-0.2, 0) is 13.2 Å². The molecule has 110 valence electrons. The summed E-state index contributed by atoms with van der Waals surface area (Å²) in [4.78, 5) is 0. The van der Waals surface area contributed by atoms with Crippen molar-refractivity contribution in [2.24, 2.45) is 5.73 Å². The topological polar surface area (TPSA) is 53.7 Å². The van der Waals surface area contributed by atoms with Gasteiger partial charge in [0.05, 0.1) is 0 Å². The Bertz CT molecular complexity index is 667. The Morgan fingerprint density at radius 1 is 1.05 bits per heavy atom. The molecule has 0 radical (unpaired) electrons. The molecule has 0 saturated carbocycles. The molecule has 0 bridgehead atoms. The summed E-state index contributed by atoms with van der Waals surface area (Å²) < 4.78 is 16.7. The zero-order chi connectivity index (χ0) is 14.8. The molecule has 1 heterocycles. The third-order valence-electron chi connectivity index (χ3n) is 3.66. The summed E-state index contributed by atoms with van der Waals surface area (Å²) in [6.45, 7) is 5.33. The molecule has 0 atom stereocenters. The smallest absolute Gasteiger partial charge is 0.231 e. The minimum atomic E-state index is 0.250. The van der Waals surface area contributed by atoms with Gasteiger partial charge in [0.1, 0.15) is 12.4 Å². The fourth-order valence-corrected chi connectivity index (χ4v) is 2.37. The lowest BCUT2D eigenvalue weighted by molar-refractivity contribution is 0.173. The van der Waals surface area contributed by atoms with Crippen molar-refractivity contribution in [3.05, 3.63) is 52.6 Å². The van der Waals surface area contributed by atoms with Crippen LogP contribution < -0.4 is 19.9 Å². The second kappa shape index (κ2) is 5.66. The molecule has 2 aromatic carbocycles. The van der Waals surface area contributed by atoms with Gasteiger partial charge in [-0.3, -0.25) is 0 Å². The molecule has 21 heavy (non-hydrogen) atoms. The summed E-state index contributed by atoms with van der Waals surface area (Å²) in [5.74, 6) is 2.19. The highest BCUT2D eigenvalue weighted by Gasteiger charge is 2.17. The quantitative estimate of drug-likeness (QED) is 0.938. The molecule has 0 saturated heterocycles. The Balaban J connectivity index is 1.83. The van der Waals surface area contributed by atoms with Gasteiger partial charge < -0.3 is 19.9 Å². The van der Waals surface area contributed by atoms with Gasteiger partial charge in [-0.25, -0.2) is 0 Å². The summed E-state index contributed by atoms with van der Waals surface area (Å²) in [6, 6.07) is 10.1. The molecular formula is C17H19NO3. The van der Waals surface area contributed by atoms with Crippen molar-refractivity contribution in [3.63, 3.8) is 0 Å². The van der Waals surface area contributed by atoms with Crippen molar-refractivity contribution < 1.29 is 14.2 Å². The van der Waals surface area contributed by atoms with Crippen LogP contribution in [0.15, 0.2) is 30.3 Å². The fraction of sp³-hybridized carbons (Fsp3) is 0.294. The maximum Gasteiger partial charge on any atom is 0.231 e. The van der Waals surface area contributed by atoms with E-state index in [1.54, 1.807) is 0 Å². The Labute approximate surface area is 124 Å². The van der Waals surface area contributed by atoms with Gasteiger partial charge >= 0.3 is 0 Å². The summed E-state index contributed by atoms with van der Waals surface area (Å²) in [5.41, 5.74) is 10.3. The summed E-state index contributed by atoms with van der Waals surface area (Å²) in [7, 11) is 0. The van der Waals surface area contributed by atoms with Gasteiger partial charge in [0, 0.05) is 18.2 Å². The first kappa shape index (κ1) is 13.8. The van der Waals surface area contributed by atoms with E-state index < -0.39 is 0 Å². The fourth-order valence-electron chi connectivity index (χ4n) is 2.37. The van der Waals surface area contributed by atoms with Gasteiger partial charge in [-0.1, -0.05) is 23.8 Å². The summed E-state index contributed by atoms with van der Waals surface area (Å²) in [5, 5.41) is 0. The highest BCUT2D eigenvalue weighted by molar-refractivity contribution is 5.51. The average molecular weight is 285 g/mol. The molecule has 4 heteroatoms. The van der Waals surface area contributed by atoms with Gasteiger partial charge in [0.15, 0.2) is 11.5 Å². The molecule has 4 nitrogen and oxygen atoms in total. The molecule has 2 N–H and O–H groups in total. The Morgan fingerprint density at radius 2 is 1.81 bits per heavy atom. The van der Waals surface area contributed by atoms with Gasteiger partial charge in [-0.2, -0.15) is 0 Å². The number of nitrogens with two attached hydrogens (primary N) is 1. The van der Waals surface area contributed by atoms with Crippen molar-refractivity contribution >= 4 is 0 Å². The van der Waals surface area contributed by atoms with E-state index in [0.717, 1.165) is 17.1 Å². The molecule has 0 spiro atoms. The third kappa shape index (κ3) is 2.81. The molecule has 1 aliphatic heterocycles. The van der Waals surface area contributed by atoms with E-state index in [4.69, 9.17) is 19.9 Å². The molecule has 0 fully saturated rings. The molecule has 0 amide bonds. The standard InChI is InChI=1S/C17H19NO3/c1-11-3-4-12(2)14(5-11)9-19-15-7-17-16(20-10-21-17)6-13(15)8-18/h3-7H,8-10,18H2,1-2H3. The van der Waals surface area contributed by atoms with Gasteiger partial charge in [0.25, 0.3) is 0 Å². The maximum atomic E-state index is 5.96. The number of fused-ring (bicyclic) bond motifs is 1. The van der Waals surface area contributed by atoms with Crippen LogP contribution in [0.1, 0.15) is 22.3 Å². The van der Waals surface area contributed by atoms with Crippen LogP contribution in [0, 0.1) is 13.8 Å². The second-order valence-electron chi connectivity index (χ2n) is 5.24. The number of rotatable bonds is 4. The van der Waals surface area contributed by atoms with Crippen molar-refractivity contribution in [1.82, 2.24) is 0 Å². The lowest BCUT2D eigenvalue weighted by Crippen LogP contribution is -2.04. The Kier molecular flexibility index (Phi) is 3.71. The number of hydrogen-bond acceptors (Lipinski definition) is 4. The SMILES string of the molecule is Cc1ccc(C)c(COc2cc3c(cc2CN)OCO3)c1. The molecular weight excluding hydrogens is 266 g/mol. The molecule has 0 aromatic heterocycles. The molecule has 0 unspecified atom stereocenters. The lowest BCUT2D eigenvalue weighted by atomic mass is 10.1. The van der Waals surface area contributed by atoms with Crippen LogP contribution >= 0.6 is 0 Å². The van der Waals surface area contributed by atoms with Crippen molar-refractivity contribution in [2.75, 3.05) is 6.79 Å². The normalized spacial score (nSPS) is 12.5. The van der Waals surface area contributed by atoms with E-state index in [-0.39, 0.29) is 6.79 Å². The van der Waals surface area contributed by atoms with Gasteiger partial charge in [-0.15, -0.1) is 0 Å². The second-order valence-corrected chi connectivity index (χ2v) is 5.24.